The molecule has 1 unspecified atom stereocenters. The summed E-state index contributed by atoms with van der Waals surface area (Å²) in [5, 5.41) is 8.04. The highest BCUT2D eigenvalue weighted by molar-refractivity contribution is 5.78. The Labute approximate surface area is 166 Å². The summed E-state index contributed by atoms with van der Waals surface area (Å²) >= 11 is 0. The monoisotopic (exact) mass is 410 g/mol. The smallest absolute Gasteiger partial charge is 0.416 e. The Kier molecular flexibility index (Phi) is 6.09. The summed E-state index contributed by atoms with van der Waals surface area (Å²) in [5.74, 6) is 0.751. The van der Waals surface area contributed by atoms with Gasteiger partial charge in [-0.05, 0) is 24.3 Å². The minimum Gasteiger partial charge on any atom is -0.484 e. The number of alkyl halides is 3. The van der Waals surface area contributed by atoms with Crippen LogP contribution in [0.4, 0.5) is 19.0 Å². The number of carbonyl (C=O) groups is 1. The molecule has 1 fully saturated rings. The molecule has 1 aliphatic rings. The van der Waals surface area contributed by atoms with Crippen molar-refractivity contribution in [2.75, 3.05) is 38.7 Å². The topological polar surface area (TPSA) is 67.8 Å². The van der Waals surface area contributed by atoms with E-state index in [1.807, 2.05) is 19.0 Å². The first-order chi connectivity index (χ1) is 13.7. The van der Waals surface area contributed by atoms with Crippen LogP contribution < -0.4 is 14.4 Å². The standard InChI is InChI=1S/C19H21F3N4O3/c1-25(2)16-6-7-17(24-23-16)29-15-8-9-26(11-15)18(27)12-28-14-5-3-4-13(10-14)19(20,21)22/h3-7,10,15H,8-9,11-12H2,1-2H3. The Hall–Kier alpha value is -3.04. The lowest BCUT2D eigenvalue weighted by atomic mass is 10.2. The van der Waals surface area contributed by atoms with Gasteiger partial charge in [0.2, 0.25) is 5.88 Å². The maximum absolute atomic E-state index is 12.7. The lowest BCUT2D eigenvalue weighted by Gasteiger charge is -2.17. The van der Waals surface area contributed by atoms with Crippen molar-refractivity contribution in [3.63, 3.8) is 0 Å². The van der Waals surface area contributed by atoms with Crippen LogP contribution in [-0.4, -0.2) is 60.9 Å². The van der Waals surface area contributed by atoms with Crippen molar-refractivity contribution < 1.29 is 27.4 Å². The second-order valence-electron chi connectivity index (χ2n) is 6.81. The summed E-state index contributed by atoms with van der Waals surface area (Å²) in [6, 6.07) is 7.94. The van der Waals surface area contributed by atoms with E-state index in [9.17, 15) is 18.0 Å². The van der Waals surface area contributed by atoms with Gasteiger partial charge in [-0.2, -0.15) is 13.2 Å². The molecule has 29 heavy (non-hydrogen) atoms. The molecule has 0 bridgehead atoms. The second-order valence-corrected chi connectivity index (χ2v) is 6.81. The Morgan fingerprint density at radius 3 is 2.69 bits per heavy atom. The molecule has 7 nitrogen and oxygen atoms in total. The number of hydrogen-bond donors (Lipinski definition) is 0. The molecular weight excluding hydrogens is 389 g/mol. The number of aromatic nitrogens is 2. The van der Waals surface area contributed by atoms with Crippen LogP contribution in [0.25, 0.3) is 0 Å². The van der Waals surface area contributed by atoms with E-state index in [1.165, 1.54) is 12.1 Å². The van der Waals surface area contributed by atoms with Gasteiger partial charge in [-0.25, -0.2) is 0 Å². The normalized spacial score (nSPS) is 16.6. The average molecular weight is 410 g/mol. The van der Waals surface area contributed by atoms with Gasteiger partial charge in [0, 0.05) is 33.1 Å². The van der Waals surface area contributed by atoms with E-state index >= 15 is 0 Å². The van der Waals surface area contributed by atoms with Gasteiger partial charge >= 0.3 is 6.18 Å². The van der Waals surface area contributed by atoms with Crippen LogP contribution in [0.3, 0.4) is 0 Å². The first-order valence-corrected chi connectivity index (χ1v) is 8.98. The highest BCUT2D eigenvalue weighted by atomic mass is 19.4. The van der Waals surface area contributed by atoms with Crippen LogP contribution >= 0.6 is 0 Å². The zero-order chi connectivity index (χ0) is 21.0. The summed E-state index contributed by atoms with van der Waals surface area (Å²) < 4.78 is 49.2. The van der Waals surface area contributed by atoms with Crippen LogP contribution in [-0.2, 0) is 11.0 Å². The van der Waals surface area contributed by atoms with Crippen molar-refractivity contribution >= 4 is 11.7 Å². The van der Waals surface area contributed by atoms with E-state index in [1.54, 1.807) is 17.0 Å². The fourth-order valence-corrected chi connectivity index (χ4v) is 2.83. The molecule has 0 spiro atoms. The molecule has 0 radical (unpaired) electrons. The van der Waals surface area contributed by atoms with Crippen molar-refractivity contribution in [1.29, 1.82) is 0 Å². The molecule has 10 heteroatoms. The fourth-order valence-electron chi connectivity index (χ4n) is 2.83. The molecule has 1 atom stereocenters. The minimum atomic E-state index is -4.46. The maximum Gasteiger partial charge on any atom is 0.416 e. The van der Waals surface area contributed by atoms with Gasteiger partial charge in [-0.3, -0.25) is 4.79 Å². The van der Waals surface area contributed by atoms with Gasteiger partial charge in [-0.15, -0.1) is 10.2 Å². The fraction of sp³-hybridized carbons (Fsp3) is 0.421. The molecule has 2 heterocycles. The number of benzene rings is 1. The molecule has 2 aromatic rings. The summed E-state index contributed by atoms with van der Waals surface area (Å²) in [5.41, 5.74) is -0.821. The summed E-state index contributed by atoms with van der Waals surface area (Å²) in [6.07, 6.45) is -4.07. The lowest BCUT2D eigenvalue weighted by molar-refractivity contribution is -0.137. The molecule has 3 rings (SSSR count). The number of nitrogens with zero attached hydrogens (tertiary/aromatic N) is 4. The number of ether oxygens (including phenoxy) is 2. The molecule has 1 aliphatic heterocycles. The molecule has 1 saturated heterocycles. The van der Waals surface area contributed by atoms with E-state index in [2.05, 4.69) is 10.2 Å². The number of amides is 1. The Morgan fingerprint density at radius 2 is 2.03 bits per heavy atom. The summed E-state index contributed by atoms with van der Waals surface area (Å²) in [4.78, 5) is 15.7. The lowest BCUT2D eigenvalue weighted by Crippen LogP contribution is -2.34. The van der Waals surface area contributed by atoms with Gasteiger partial charge < -0.3 is 19.3 Å². The number of hydrogen-bond acceptors (Lipinski definition) is 6. The Bertz CT molecular complexity index is 843. The predicted molar refractivity (Wildman–Crippen MR) is 98.9 cm³/mol. The number of rotatable bonds is 6. The van der Waals surface area contributed by atoms with E-state index in [0.717, 1.165) is 12.1 Å². The largest absolute Gasteiger partial charge is 0.484 e. The number of carbonyl (C=O) groups excluding carboxylic acids is 1. The number of halogens is 3. The predicted octanol–water partition coefficient (Wildman–Crippen LogP) is 2.62. The zero-order valence-electron chi connectivity index (χ0n) is 16.0. The van der Waals surface area contributed by atoms with E-state index in [-0.39, 0.29) is 24.4 Å². The van der Waals surface area contributed by atoms with Crippen molar-refractivity contribution in [2.24, 2.45) is 0 Å². The van der Waals surface area contributed by atoms with Gasteiger partial charge in [-0.1, -0.05) is 6.07 Å². The summed E-state index contributed by atoms with van der Waals surface area (Å²) in [7, 11) is 3.71. The van der Waals surface area contributed by atoms with Crippen molar-refractivity contribution in [3.8, 4) is 11.6 Å². The van der Waals surface area contributed by atoms with Gasteiger partial charge in [0.1, 0.15) is 11.9 Å². The Morgan fingerprint density at radius 1 is 1.24 bits per heavy atom. The Balaban J connectivity index is 1.49. The second kappa shape index (κ2) is 8.54. The van der Waals surface area contributed by atoms with Crippen LogP contribution in [0.5, 0.6) is 11.6 Å². The van der Waals surface area contributed by atoms with Crippen LogP contribution in [0.2, 0.25) is 0 Å². The number of likely N-dealkylation sites (tertiary alicyclic amines) is 1. The molecule has 0 N–H and O–H groups in total. The molecular formula is C19H21F3N4O3. The van der Waals surface area contributed by atoms with E-state index in [0.29, 0.717) is 31.2 Å². The molecule has 0 aliphatic carbocycles. The molecule has 0 saturated carbocycles. The van der Waals surface area contributed by atoms with Gasteiger partial charge in [0.15, 0.2) is 12.4 Å². The first-order valence-electron chi connectivity index (χ1n) is 8.98. The van der Waals surface area contributed by atoms with Crippen LogP contribution in [0.1, 0.15) is 12.0 Å². The van der Waals surface area contributed by atoms with Crippen LogP contribution in [0.15, 0.2) is 36.4 Å². The average Bonchev–Trinajstić information content (AvgIpc) is 3.14. The third-order valence-electron chi connectivity index (χ3n) is 4.39. The summed E-state index contributed by atoms with van der Waals surface area (Å²) in [6.45, 7) is 0.478. The highest BCUT2D eigenvalue weighted by Gasteiger charge is 2.31. The highest BCUT2D eigenvalue weighted by Crippen LogP contribution is 2.31. The number of anilines is 1. The third-order valence-corrected chi connectivity index (χ3v) is 4.39. The minimum absolute atomic E-state index is 0.00331. The van der Waals surface area contributed by atoms with Crippen molar-refractivity contribution in [2.45, 2.75) is 18.7 Å². The van der Waals surface area contributed by atoms with Crippen molar-refractivity contribution in [1.82, 2.24) is 15.1 Å². The molecule has 1 aromatic heterocycles. The quantitative estimate of drug-likeness (QED) is 0.730. The molecule has 1 amide bonds. The molecule has 156 valence electrons. The molecule has 1 aromatic carbocycles. The third kappa shape index (κ3) is 5.49. The zero-order valence-corrected chi connectivity index (χ0v) is 16.0. The SMILES string of the molecule is CN(C)c1ccc(OC2CCN(C(=O)COc3cccc(C(F)(F)F)c3)C2)nn1. The van der Waals surface area contributed by atoms with Gasteiger partial charge in [0.05, 0.1) is 12.1 Å². The first kappa shape index (κ1) is 20.7. The van der Waals surface area contributed by atoms with Gasteiger partial charge in [0.25, 0.3) is 5.91 Å². The van der Waals surface area contributed by atoms with Crippen LogP contribution in [0, 0.1) is 0 Å². The van der Waals surface area contributed by atoms with E-state index in [4.69, 9.17) is 9.47 Å². The van der Waals surface area contributed by atoms with Crippen molar-refractivity contribution in [3.05, 3.63) is 42.0 Å². The maximum atomic E-state index is 12.7. The van der Waals surface area contributed by atoms with E-state index < -0.39 is 11.7 Å².